The molecule has 6 nitrogen and oxygen atoms in total. The molecule has 0 aliphatic carbocycles. The van der Waals surface area contributed by atoms with Gasteiger partial charge in [0.25, 0.3) is 5.91 Å². The molecule has 0 aliphatic rings. The molecule has 1 amide bonds. The second-order valence-electron chi connectivity index (χ2n) is 6.31. The highest BCUT2D eigenvalue weighted by Gasteiger charge is 2.15. The maximum absolute atomic E-state index is 12.5. The Bertz CT molecular complexity index is 971. The van der Waals surface area contributed by atoms with Crippen molar-refractivity contribution in [2.24, 2.45) is 0 Å². The number of aryl methyl sites for hydroxylation is 1. The van der Waals surface area contributed by atoms with Gasteiger partial charge < -0.3 is 19.3 Å². The first kappa shape index (κ1) is 20.3. The summed E-state index contributed by atoms with van der Waals surface area (Å²) in [5.74, 6) is -0.155. The summed E-state index contributed by atoms with van der Waals surface area (Å²) in [7, 11) is 1.37. The van der Waals surface area contributed by atoms with Crippen LogP contribution in [-0.4, -0.2) is 31.3 Å². The molecule has 1 aromatic heterocycles. The summed E-state index contributed by atoms with van der Waals surface area (Å²) in [6.07, 6.45) is 0.411. The summed E-state index contributed by atoms with van der Waals surface area (Å²) in [6.45, 7) is -0.690. The molecule has 0 bridgehead atoms. The maximum atomic E-state index is 12.5. The molecule has 152 valence electrons. The molecule has 1 N–H and O–H groups in total. The highest BCUT2D eigenvalue weighted by molar-refractivity contribution is 5.92. The summed E-state index contributed by atoms with van der Waals surface area (Å²) >= 11 is 0. The van der Waals surface area contributed by atoms with Gasteiger partial charge in [-0.3, -0.25) is 4.79 Å². The van der Waals surface area contributed by atoms with E-state index in [1.807, 2.05) is 31.2 Å². The summed E-state index contributed by atoms with van der Waals surface area (Å²) < 4.78 is 39.6. The van der Waals surface area contributed by atoms with E-state index in [0.29, 0.717) is 17.7 Å². The summed E-state index contributed by atoms with van der Waals surface area (Å²) in [4.78, 5) is 12.3. The predicted molar refractivity (Wildman–Crippen MR) is 102 cm³/mol. The topological polar surface area (TPSA) is 73.6 Å². The van der Waals surface area contributed by atoms with Crippen molar-refractivity contribution in [3.63, 3.8) is 0 Å². The predicted octanol–water partition coefficient (Wildman–Crippen LogP) is 4.23. The van der Waals surface area contributed by atoms with E-state index in [4.69, 9.17) is 9.26 Å². The van der Waals surface area contributed by atoms with Crippen molar-refractivity contribution in [1.29, 1.82) is 0 Å². The zero-order valence-corrected chi connectivity index (χ0v) is 15.9. The molecule has 0 unspecified atom stereocenters. The van der Waals surface area contributed by atoms with Gasteiger partial charge in [-0.05, 0) is 31.0 Å². The van der Waals surface area contributed by atoms with Crippen LogP contribution in [0, 0.1) is 6.92 Å². The van der Waals surface area contributed by atoms with Crippen LogP contribution in [0.1, 0.15) is 21.7 Å². The number of rotatable bonds is 8. The van der Waals surface area contributed by atoms with Crippen molar-refractivity contribution < 1.29 is 27.6 Å². The van der Waals surface area contributed by atoms with Crippen LogP contribution in [0.2, 0.25) is 0 Å². The third kappa shape index (κ3) is 5.31. The zero-order valence-electron chi connectivity index (χ0n) is 15.9. The number of aromatic nitrogens is 1. The van der Waals surface area contributed by atoms with Gasteiger partial charge in [-0.2, -0.15) is 8.78 Å². The number of benzene rings is 2. The van der Waals surface area contributed by atoms with Gasteiger partial charge in [0, 0.05) is 18.2 Å². The molecule has 0 fully saturated rings. The molecule has 29 heavy (non-hydrogen) atoms. The molecular weight excluding hydrogens is 382 g/mol. The number of alkyl halides is 2. The van der Waals surface area contributed by atoms with Crippen LogP contribution in [0.25, 0.3) is 11.3 Å². The summed E-state index contributed by atoms with van der Waals surface area (Å²) in [6, 6.07) is 14.0. The fraction of sp³-hybridized carbons (Fsp3) is 0.238. The quantitative estimate of drug-likeness (QED) is 0.610. The van der Waals surface area contributed by atoms with Crippen molar-refractivity contribution in [2.75, 3.05) is 13.7 Å². The number of nitrogens with one attached hydrogen (secondary N) is 1. The Kier molecular flexibility index (Phi) is 6.43. The van der Waals surface area contributed by atoms with Gasteiger partial charge in [-0.15, -0.1) is 0 Å². The highest BCUT2D eigenvalue weighted by atomic mass is 19.3. The Morgan fingerprint density at radius 1 is 1.14 bits per heavy atom. The first-order chi connectivity index (χ1) is 14.0. The Morgan fingerprint density at radius 3 is 2.59 bits per heavy atom. The van der Waals surface area contributed by atoms with E-state index >= 15 is 0 Å². The fourth-order valence-corrected chi connectivity index (χ4v) is 2.71. The average molecular weight is 402 g/mol. The molecule has 0 aliphatic heterocycles. The van der Waals surface area contributed by atoms with Crippen LogP contribution in [0.4, 0.5) is 8.78 Å². The first-order valence-corrected chi connectivity index (χ1v) is 8.90. The summed E-state index contributed by atoms with van der Waals surface area (Å²) in [5.41, 5.74) is 3.25. The molecule has 0 saturated heterocycles. The number of amides is 1. The molecule has 0 atom stereocenters. The lowest BCUT2D eigenvalue weighted by Crippen LogP contribution is -2.25. The smallest absolute Gasteiger partial charge is 0.387 e. The third-order valence-corrected chi connectivity index (χ3v) is 4.22. The first-order valence-electron chi connectivity index (χ1n) is 8.90. The standard InChI is InChI=1S/C21H20F2N2O4/c1-13-3-6-15(7-4-13)16-12-19(29-25-16)20(26)24-10-9-14-5-8-17(27-2)18(11-14)28-21(22)23/h3-8,11-12,21H,9-10H2,1-2H3,(H,24,26). The van der Waals surface area contributed by atoms with E-state index in [1.165, 1.54) is 13.2 Å². The van der Waals surface area contributed by atoms with Gasteiger partial charge in [0.15, 0.2) is 11.5 Å². The van der Waals surface area contributed by atoms with Gasteiger partial charge in [0.05, 0.1) is 7.11 Å². The number of nitrogens with zero attached hydrogens (tertiary/aromatic N) is 1. The molecule has 3 rings (SSSR count). The number of halogens is 2. The molecule has 0 radical (unpaired) electrons. The molecular formula is C21H20F2N2O4. The number of carbonyl (C=O) groups excluding carboxylic acids is 1. The van der Waals surface area contributed by atoms with Crippen LogP contribution in [0.15, 0.2) is 53.1 Å². The summed E-state index contributed by atoms with van der Waals surface area (Å²) in [5, 5.41) is 6.64. The Hall–Kier alpha value is -3.42. The lowest BCUT2D eigenvalue weighted by molar-refractivity contribution is -0.0512. The second kappa shape index (κ2) is 9.18. The molecule has 8 heteroatoms. The van der Waals surface area contributed by atoms with Crippen molar-refractivity contribution in [3.8, 4) is 22.8 Å². The largest absolute Gasteiger partial charge is 0.493 e. The molecule has 3 aromatic rings. The average Bonchev–Trinajstić information content (AvgIpc) is 3.18. The second-order valence-corrected chi connectivity index (χ2v) is 6.31. The Morgan fingerprint density at radius 2 is 1.90 bits per heavy atom. The van der Waals surface area contributed by atoms with Gasteiger partial charge in [-0.1, -0.05) is 41.1 Å². The number of carbonyl (C=O) groups is 1. The third-order valence-electron chi connectivity index (χ3n) is 4.22. The zero-order chi connectivity index (χ0) is 20.8. The van der Waals surface area contributed by atoms with Crippen molar-refractivity contribution in [3.05, 3.63) is 65.4 Å². The maximum Gasteiger partial charge on any atom is 0.387 e. The van der Waals surface area contributed by atoms with Gasteiger partial charge in [-0.25, -0.2) is 0 Å². The Balaban J connectivity index is 1.58. The van der Waals surface area contributed by atoms with Crippen LogP contribution >= 0.6 is 0 Å². The number of hydrogen-bond acceptors (Lipinski definition) is 5. The van der Waals surface area contributed by atoms with Crippen LogP contribution in [0.3, 0.4) is 0 Å². The van der Waals surface area contributed by atoms with Gasteiger partial charge in [0.1, 0.15) is 5.69 Å². The Labute approximate surface area is 166 Å². The van der Waals surface area contributed by atoms with E-state index < -0.39 is 12.5 Å². The number of ether oxygens (including phenoxy) is 2. The molecule has 0 spiro atoms. The minimum atomic E-state index is -2.95. The minimum absolute atomic E-state index is 0.0516. The van der Waals surface area contributed by atoms with Crippen LogP contribution in [-0.2, 0) is 6.42 Å². The molecule has 0 saturated carbocycles. The lowest BCUT2D eigenvalue weighted by atomic mass is 10.1. The minimum Gasteiger partial charge on any atom is -0.493 e. The van der Waals surface area contributed by atoms with Gasteiger partial charge in [0.2, 0.25) is 5.76 Å². The van der Waals surface area contributed by atoms with E-state index in [1.54, 1.807) is 18.2 Å². The molecule has 1 heterocycles. The lowest BCUT2D eigenvalue weighted by Gasteiger charge is -2.11. The molecule has 2 aromatic carbocycles. The van der Waals surface area contributed by atoms with Crippen molar-refractivity contribution >= 4 is 5.91 Å². The monoisotopic (exact) mass is 402 g/mol. The van der Waals surface area contributed by atoms with E-state index in [9.17, 15) is 13.6 Å². The normalized spacial score (nSPS) is 10.8. The fourth-order valence-electron chi connectivity index (χ4n) is 2.71. The van der Waals surface area contributed by atoms with Gasteiger partial charge >= 0.3 is 6.61 Å². The van der Waals surface area contributed by atoms with E-state index in [2.05, 4.69) is 15.2 Å². The van der Waals surface area contributed by atoms with Crippen molar-refractivity contribution in [1.82, 2.24) is 10.5 Å². The van der Waals surface area contributed by atoms with E-state index in [-0.39, 0.29) is 23.8 Å². The SMILES string of the molecule is COc1ccc(CCNC(=O)c2cc(-c3ccc(C)cc3)no2)cc1OC(F)F. The highest BCUT2D eigenvalue weighted by Crippen LogP contribution is 2.29. The number of hydrogen-bond donors (Lipinski definition) is 1. The van der Waals surface area contributed by atoms with Crippen molar-refractivity contribution in [2.45, 2.75) is 20.0 Å². The number of methoxy groups -OCH3 is 1. The van der Waals surface area contributed by atoms with Crippen LogP contribution in [0.5, 0.6) is 11.5 Å². The van der Waals surface area contributed by atoms with E-state index in [0.717, 1.165) is 11.1 Å². The van der Waals surface area contributed by atoms with Crippen LogP contribution < -0.4 is 14.8 Å².